The van der Waals surface area contributed by atoms with E-state index in [1.54, 1.807) is 0 Å². The van der Waals surface area contributed by atoms with Gasteiger partial charge in [-0.25, -0.2) is 0 Å². The summed E-state index contributed by atoms with van der Waals surface area (Å²) in [7, 11) is 0. The van der Waals surface area contributed by atoms with Crippen molar-refractivity contribution in [1.82, 2.24) is 0 Å². The number of esters is 2. The lowest BCUT2D eigenvalue weighted by Crippen LogP contribution is -2.37. The second-order valence-electron chi connectivity index (χ2n) is 7.39. The van der Waals surface area contributed by atoms with Crippen molar-refractivity contribution >= 4 is 11.9 Å². The molecule has 0 saturated carbocycles. The van der Waals surface area contributed by atoms with E-state index in [0.29, 0.717) is 13.2 Å². The van der Waals surface area contributed by atoms with Gasteiger partial charge in [0, 0.05) is 13.8 Å². The highest BCUT2D eigenvalue weighted by Gasteiger charge is 2.48. The van der Waals surface area contributed by atoms with Crippen LogP contribution in [0.15, 0.2) is 60.7 Å². The molecule has 1 aliphatic heterocycles. The molecule has 3 rings (SSSR count). The van der Waals surface area contributed by atoms with E-state index in [-0.39, 0.29) is 19.1 Å². The Bertz CT molecular complexity index is 824. The number of carbonyl (C=O) groups excluding carboxylic acids is 2. The molecule has 166 valence electrons. The molecule has 1 saturated heterocycles. The van der Waals surface area contributed by atoms with E-state index in [9.17, 15) is 9.59 Å². The normalized spacial score (nSPS) is 22.8. The Morgan fingerprint density at radius 1 is 0.774 bits per heavy atom. The Labute approximate surface area is 182 Å². The van der Waals surface area contributed by atoms with Crippen LogP contribution in [0.25, 0.3) is 0 Å². The fourth-order valence-electron chi connectivity index (χ4n) is 3.48. The molecular formula is C24H28O7. The predicted octanol–water partition coefficient (Wildman–Crippen LogP) is 3.26. The molecule has 7 nitrogen and oxygen atoms in total. The second kappa shape index (κ2) is 11.6. The van der Waals surface area contributed by atoms with Crippen molar-refractivity contribution in [3.05, 3.63) is 71.8 Å². The minimum absolute atomic E-state index is 0.240. The van der Waals surface area contributed by atoms with E-state index < -0.39 is 30.4 Å². The van der Waals surface area contributed by atoms with Crippen molar-refractivity contribution in [2.45, 2.75) is 45.6 Å². The molecule has 7 heteroatoms. The molecule has 0 aromatic heterocycles. The molecule has 0 N–H and O–H groups in total. The molecule has 0 radical (unpaired) electrons. The predicted molar refractivity (Wildman–Crippen MR) is 112 cm³/mol. The van der Waals surface area contributed by atoms with Crippen LogP contribution in [0.1, 0.15) is 25.0 Å². The molecule has 0 bridgehead atoms. The van der Waals surface area contributed by atoms with Gasteiger partial charge in [0.25, 0.3) is 0 Å². The van der Waals surface area contributed by atoms with Gasteiger partial charge in [-0.15, -0.1) is 0 Å². The van der Waals surface area contributed by atoms with Crippen LogP contribution in [0.5, 0.6) is 0 Å². The van der Waals surface area contributed by atoms with Gasteiger partial charge in [0.15, 0.2) is 6.10 Å². The maximum Gasteiger partial charge on any atom is 0.305 e. The average molecular weight is 428 g/mol. The minimum Gasteiger partial charge on any atom is -0.455 e. The standard InChI is InChI=1S/C24H28O7/c1-17(25)29-23-21(15-27-13-19-9-5-3-6-10-19)22(31-24(23)30-18(2)26)16-28-14-20-11-7-4-8-12-20/h3-12,21-24H,13-16H2,1-2H3/t21-,22-,23-,24+/m1/s1. The van der Waals surface area contributed by atoms with Gasteiger partial charge >= 0.3 is 11.9 Å². The Kier molecular flexibility index (Phi) is 8.58. The first kappa shape index (κ1) is 22.9. The number of carbonyl (C=O) groups is 2. The van der Waals surface area contributed by atoms with Gasteiger partial charge in [-0.2, -0.15) is 0 Å². The van der Waals surface area contributed by atoms with Crippen molar-refractivity contribution in [2.24, 2.45) is 5.92 Å². The molecule has 0 aliphatic carbocycles. The first-order chi connectivity index (χ1) is 15.0. The Morgan fingerprint density at radius 2 is 1.29 bits per heavy atom. The number of rotatable bonds is 10. The molecule has 1 heterocycles. The third-order valence-corrected chi connectivity index (χ3v) is 4.88. The van der Waals surface area contributed by atoms with E-state index in [2.05, 4.69) is 0 Å². The van der Waals surface area contributed by atoms with Crippen LogP contribution in [-0.2, 0) is 46.5 Å². The zero-order chi connectivity index (χ0) is 22.1. The van der Waals surface area contributed by atoms with E-state index in [1.807, 2.05) is 60.7 Å². The lowest BCUT2D eigenvalue weighted by Gasteiger charge is -2.23. The molecule has 4 atom stereocenters. The maximum atomic E-state index is 11.7. The zero-order valence-corrected chi connectivity index (χ0v) is 17.8. The van der Waals surface area contributed by atoms with Gasteiger partial charge in [0.2, 0.25) is 6.29 Å². The van der Waals surface area contributed by atoms with Crippen molar-refractivity contribution in [2.75, 3.05) is 13.2 Å². The highest BCUT2D eigenvalue weighted by Crippen LogP contribution is 2.32. The summed E-state index contributed by atoms with van der Waals surface area (Å²) in [6.45, 7) is 3.91. The molecule has 31 heavy (non-hydrogen) atoms. The third kappa shape index (κ3) is 7.17. The lowest BCUT2D eigenvalue weighted by molar-refractivity contribution is -0.196. The van der Waals surface area contributed by atoms with Crippen LogP contribution in [0, 0.1) is 5.92 Å². The Hall–Kier alpha value is -2.74. The van der Waals surface area contributed by atoms with Crippen LogP contribution in [0.3, 0.4) is 0 Å². The van der Waals surface area contributed by atoms with Gasteiger partial charge in [0.05, 0.1) is 38.4 Å². The van der Waals surface area contributed by atoms with Gasteiger partial charge in [-0.3, -0.25) is 9.59 Å². The largest absolute Gasteiger partial charge is 0.455 e. The SMILES string of the molecule is CC(=O)O[C@H]1O[C@H](COCc2ccccc2)[C@@H](COCc2ccccc2)[C@H]1OC(C)=O. The molecule has 2 aromatic rings. The third-order valence-electron chi connectivity index (χ3n) is 4.88. The summed E-state index contributed by atoms with van der Waals surface area (Å²) in [5.41, 5.74) is 2.06. The van der Waals surface area contributed by atoms with Gasteiger partial charge < -0.3 is 23.7 Å². The van der Waals surface area contributed by atoms with Crippen LogP contribution in [0.2, 0.25) is 0 Å². The second-order valence-corrected chi connectivity index (χ2v) is 7.39. The van der Waals surface area contributed by atoms with E-state index in [0.717, 1.165) is 11.1 Å². The quantitative estimate of drug-likeness (QED) is 0.538. The van der Waals surface area contributed by atoms with Gasteiger partial charge in [0.1, 0.15) is 0 Å². The average Bonchev–Trinajstić information content (AvgIpc) is 3.05. The molecule has 1 aliphatic rings. The van der Waals surface area contributed by atoms with Gasteiger partial charge in [-0.05, 0) is 11.1 Å². The first-order valence-corrected chi connectivity index (χ1v) is 10.3. The molecule has 0 spiro atoms. The van der Waals surface area contributed by atoms with E-state index in [4.69, 9.17) is 23.7 Å². The summed E-state index contributed by atoms with van der Waals surface area (Å²) in [5, 5.41) is 0. The summed E-state index contributed by atoms with van der Waals surface area (Å²) < 4.78 is 28.4. The first-order valence-electron chi connectivity index (χ1n) is 10.3. The summed E-state index contributed by atoms with van der Waals surface area (Å²) in [4.78, 5) is 23.2. The monoisotopic (exact) mass is 428 g/mol. The van der Waals surface area contributed by atoms with Crippen molar-refractivity contribution in [3.63, 3.8) is 0 Å². The minimum atomic E-state index is -1.00. The number of hydrogen-bond acceptors (Lipinski definition) is 7. The highest BCUT2D eigenvalue weighted by molar-refractivity contribution is 5.67. The lowest BCUT2D eigenvalue weighted by atomic mass is 9.99. The fourth-order valence-corrected chi connectivity index (χ4v) is 3.48. The molecular weight excluding hydrogens is 400 g/mol. The van der Waals surface area contributed by atoms with E-state index >= 15 is 0 Å². The van der Waals surface area contributed by atoms with Crippen LogP contribution < -0.4 is 0 Å². The van der Waals surface area contributed by atoms with Crippen molar-refractivity contribution < 1.29 is 33.3 Å². The molecule has 0 unspecified atom stereocenters. The molecule has 1 fully saturated rings. The van der Waals surface area contributed by atoms with Crippen molar-refractivity contribution in [1.29, 1.82) is 0 Å². The number of ether oxygens (including phenoxy) is 5. The Balaban J connectivity index is 1.65. The van der Waals surface area contributed by atoms with Crippen LogP contribution >= 0.6 is 0 Å². The molecule has 2 aromatic carbocycles. The summed E-state index contributed by atoms with van der Waals surface area (Å²) in [6.07, 6.45) is -2.24. The smallest absolute Gasteiger partial charge is 0.305 e. The summed E-state index contributed by atoms with van der Waals surface area (Å²) in [6, 6.07) is 19.5. The van der Waals surface area contributed by atoms with Crippen molar-refractivity contribution in [3.8, 4) is 0 Å². The van der Waals surface area contributed by atoms with Crippen LogP contribution in [-0.4, -0.2) is 43.7 Å². The zero-order valence-electron chi connectivity index (χ0n) is 17.8. The highest BCUT2D eigenvalue weighted by atomic mass is 16.7. The summed E-state index contributed by atoms with van der Waals surface area (Å²) in [5.74, 6) is -1.35. The maximum absolute atomic E-state index is 11.7. The number of hydrogen-bond donors (Lipinski definition) is 0. The molecule has 0 amide bonds. The van der Waals surface area contributed by atoms with Gasteiger partial charge in [-0.1, -0.05) is 60.7 Å². The van der Waals surface area contributed by atoms with Crippen LogP contribution in [0.4, 0.5) is 0 Å². The summed E-state index contributed by atoms with van der Waals surface area (Å²) >= 11 is 0. The number of benzene rings is 2. The Morgan fingerprint density at radius 3 is 1.81 bits per heavy atom. The topological polar surface area (TPSA) is 80.3 Å². The fraction of sp³-hybridized carbons (Fsp3) is 0.417. The van der Waals surface area contributed by atoms with E-state index in [1.165, 1.54) is 13.8 Å².